The normalized spacial score (nSPS) is 18.5. The number of benzene rings is 1. The van der Waals surface area contributed by atoms with Crippen molar-refractivity contribution in [1.82, 2.24) is 10.6 Å². The molecule has 0 radical (unpaired) electrons. The first kappa shape index (κ1) is 19.5. The second-order valence-electron chi connectivity index (χ2n) is 6.11. The topological polar surface area (TPSA) is 61.4 Å². The molecule has 1 fully saturated rings. The molecule has 0 spiro atoms. The molecular weight excluding hydrogens is 314 g/mol. The molecule has 0 saturated carbocycles. The number of carbonyl (C=O) groups excluding carboxylic acids is 2. The molecule has 2 rings (SSSR count). The molecule has 0 aliphatic carbocycles. The van der Waals surface area contributed by atoms with E-state index in [4.69, 9.17) is 0 Å². The van der Waals surface area contributed by atoms with Crippen LogP contribution in [0.15, 0.2) is 18.2 Å². The number of rotatable bonds is 5. The summed E-state index contributed by atoms with van der Waals surface area (Å²) in [7, 11) is 1.85. The lowest BCUT2D eigenvalue weighted by atomic mass is 10.1. The van der Waals surface area contributed by atoms with E-state index in [-0.39, 0.29) is 30.3 Å². The lowest BCUT2D eigenvalue weighted by Crippen LogP contribution is -2.42. The number of likely N-dealkylation sites (N-methyl/N-ethyl adjacent to an activating group) is 1. The average Bonchev–Trinajstić information content (AvgIpc) is 2.85. The molecule has 1 aromatic rings. The van der Waals surface area contributed by atoms with Gasteiger partial charge in [-0.2, -0.15) is 0 Å². The number of anilines is 1. The number of aryl methyl sites for hydroxylation is 2. The molecule has 0 bridgehead atoms. The zero-order valence-electron chi connectivity index (χ0n) is 14.2. The predicted molar refractivity (Wildman–Crippen MR) is 95.2 cm³/mol. The van der Waals surface area contributed by atoms with Crippen LogP contribution in [0.4, 0.5) is 5.69 Å². The standard InChI is InChI=1S/C17H25N3O2.ClH/c1-11-7-12(2)9-14(8-11)20-6-5-15(17(20)22)16(21)19-10-13(3)18-4;/h7-9,13,15,18H,5-6,10H2,1-4H3,(H,19,21);1H. The third-order valence-electron chi connectivity index (χ3n) is 4.12. The van der Waals surface area contributed by atoms with Crippen molar-refractivity contribution in [2.45, 2.75) is 33.2 Å². The van der Waals surface area contributed by atoms with Gasteiger partial charge in [-0.15, -0.1) is 12.4 Å². The third kappa shape index (κ3) is 4.69. The lowest BCUT2D eigenvalue weighted by molar-refractivity contribution is -0.132. The Labute approximate surface area is 144 Å². The summed E-state index contributed by atoms with van der Waals surface area (Å²) in [6.45, 7) is 7.14. The van der Waals surface area contributed by atoms with Gasteiger partial charge >= 0.3 is 0 Å². The van der Waals surface area contributed by atoms with Gasteiger partial charge in [-0.1, -0.05) is 6.07 Å². The van der Waals surface area contributed by atoms with Crippen molar-refractivity contribution >= 4 is 29.9 Å². The van der Waals surface area contributed by atoms with Gasteiger partial charge in [0.1, 0.15) is 5.92 Å². The maximum absolute atomic E-state index is 12.5. The van der Waals surface area contributed by atoms with Crippen LogP contribution in [0.3, 0.4) is 0 Å². The van der Waals surface area contributed by atoms with Crippen LogP contribution < -0.4 is 15.5 Å². The summed E-state index contributed by atoms with van der Waals surface area (Å²) in [5, 5.41) is 5.91. The van der Waals surface area contributed by atoms with Crippen LogP contribution in [-0.2, 0) is 9.59 Å². The quantitative estimate of drug-likeness (QED) is 0.804. The molecule has 2 atom stereocenters. The fourth-order valence-electron chi connectivity index (χ4n) is 2.76. The first-order chi connectivity index (χ1) is 10.4. The number of nitrogens with one attached hydrogen (secondary N) is 2. The van der Waals surface area contributed by atoms with Gasteiger partial charge in [-0.05, 0) is 57.5 Å². The summed E-state index contributed by atoms with van der Waals surface area (Å²) in [6.07, 6.45) is 0.575. The van der Waals surface area contributed by atoms with Gasteiger partial charge in [0.25, 0.3) is 0 Å². The fourth-order valence-corrected chi connectivity index (χ4v) is 2.76. The molecular formula is C17H26ClN3O2. The van der Waals surface area contributed by atoms with E-state index in [0.29, 0.717) is 19.5 Å². The Morgan fingerprint density at radius 1 is 1.30 bits per heavy atom. The maximum atomic E-state index is 12.5. The largest absolute Gasteiger partial charge is 0.354 e. The van der Waals surface area contributed by atoms with Crippen molar-refractivity contribution < 1.29 is 9.59 Å². The highest BCUT2D eigenvalue weighted by atomic mass is 35.5. The van der Waals surface area contributed by atoms with E-state index in [1.165, 1.54) is 0 Å². The van der Waals surface area contributed by atoms with Crippen molar-refractivity contribution in [1.29, 1.82) is 0 Å². The van der Waals surface area contributed by atoms with Gasteiger partial charge in [0.2, 0.25) is 11.8 Å². The van der Waals surface area contributed by atoms with E-state index in [9.17, 15) is 9.59 Å². The number of hydrogen-bond donors (Lipinski definition) is 2. The Kier molecular flexibility index (Phi) is 7.03. The number of amides is 2. The van der Waals surface area contributed by atoms with Crippen LogP contribution in [0.2, 0.25) is 0 Å². The Balaban J connectivity index is 0.00000264. The molecule has 5 nitrogen and oxygen atoms in total. The minimum absolute atomic E-state index is 0. The number of halogens is 1. The minimum atomic E-state index is -0.565. The third-order valence-corrected chi connectivity index (χ3v) is 4.12. The van der Waals surface area contributed by atoms with Crippen molar-refractivity contribution in [3.8, 4) is 0 Å². The zero-order valence-corrected chi connectivity index (χ0v) is 15.0. The van der Waals surface area contributed by atoms with Gasteiger partial charge in [0.05, 0.1) is 0 Å². The van der Waals surface area contributed by atoms with Crippen LogP contribution in [0.1, 0.15) is 24.5 Å². The van der Waals surface area contributed by atoms with Gasteiger partial charge < -0.3 is 15.5 Å². The van der Waals surface area contributed by atoms with Crippen molar-refractivity contribution in [2.24, 2.45) is 5.92 Å². The van der Waals surface area contributed by atoms with Crippen LogP contribution >= 0.6 is 12.4 Å². The summed E-state index contributed by atoms with van der Waals surface area (Å²) in [6, 6.07) is 6.26. The van der Waals surface area contributed by atoms with Gasteiger partial charge in [0.15, 0.2) is 0 Å². The molecule has 2 N–H and O–H groups in total. The van der Waals surface area contributed by atoms with Crippen molar-refractivity contribution in [3.05, 3.63) is 29.3 Å². The molecule has 1 aromatic carbocycles. The average molecular weight is 340 g/mol. The van der Waals surface area contributed by atoms with E-state index in [1.807, 2.05) is 40.0 Å². The Bertz CT molecular complexity index is 557. The van der Waals surface area contributed by atoms with E-state index >= 15 is 0 Å². The second kappa shape index (κ2) is 8.31. The molecule has 23 heavy (non-hydrogen) atoms. The molecule has 1 aliphatic heterocycles. The second-order valence-corrected chi connectivity index (χ2v) is 6.11. The van der Waals surface area contributed by atoms with Crippen molar-refractivity contribution in [2.75, 3.05) is 25.0 Å². The van der Waals surface area contributed by atoms with Crippen molar-refractivity contribution in [3.63, 3.8) is 0 Å². The number of carbonyl (C=O) groups is 2. The molecule has 1 heterocycles. The maximum Gasteiger partial charge on any atom is 0.239 e. The molecule has 2 unspecified atom stereocenters. The Hall–Kier alpha value is -1.59. The smallest absolute Gasteiger partial charge is 0.239 e. The monoisotopic (exact) mass is 339 g/mol. The Morgan fingerprint density at radius 2 is 1.91 bits per heavy atom. The van der Waals surface area contributed by atoms with Gasteiger partial charge in [-0.3, -0.25) is 9.59 Å². The summed E-state index contributed by atoms with van der Waals surface area (Å²) < 4.78 is 0. The molecule has 128 valence electrons. The van der Waals surface area contributed by atoms with E-state index in [1.54, 1.807) is 4.90 Å². The zero-order chi connectivity index (χ0) is 16.3. The highest BCUT2D eigenvalue weighted by molar-refractivity contribution is 6.09. The highest BCUT2D eigenvalue weighted by Crippen LogP contribution is 2.27. The van der Waals surface area contributed by atoms with Crippen LogP contribution in [0, 0.1) is 19.8 Å². The number of hydrogen-bond acceptors (Lipinski definition) is 3. The van der Waals surface area contributed by atoms with E-state index in [0.717, 1.165) is 16.8 Å². The SMILES string of the molecule is CNC(C)CNC(=O)C1CCN(c2cc(C)cc(C)c2)C1=O.Cl. The molecule has 1 saturated heterocycles. The lowest BCUT2D eigenvalue weighted by Gasteiger charge is -2.18. The van der Waals surface area contributed by atoms with Crippen LogP contribution in [0.5, 0.6) is 0 Å². The summed E-state index contributed by atoms with van der Waals surface area (Å²) in [5.41, 5.74) is 3.14. The van der Waals surface area contributed by atoms with Gasteiger partial charge in [-0.25, -0.2) is 0 Å². The Morgan fingerprint density at radius 3 is 2.48 bits per heavy atom. The summed E-state index contributed by atoms with van der Waals surface area (Å²) in [4.78, 5) is 26.5. The molecule has 2 amide bonds. The number of nitrogens with zero attached hydrogens (tertiary/aromatic N) is 1. The first-order valence-corrected chi connectivity index (χ1v) is 7.77. The minimum Gasteiger partial charge on any atom is -0.354 e. The predicted octanol–water partition coefficient (Wildman–Crippen LogP) is 1.80. The first-order valence-electron chi connectivity index (χ1n) is 7.77. The fraction of sp³-hybridized carbons (Fsp3) is 0.529. The van der Waals surface area contributed by atoms with Crippen LogP contribution in [0.25, 0.3) is 0 Å². The molecule has 1 aliphatic rings. The summed E-state index contributed by atoms with van der Waals surface area (Å²) in [5.74, 6) is -0.830. The van der Waals surface area contributed by atoms with E-state index < -0.39 is 5.92 Å². The van der Waals surface area contributed by atoms with Gasteiger partial charge in [0, 0.05) is 24.8 Å². The van der Waals surface area contributed by atoms with Crippen LogP contribution in [-0.4, -0.2) is 38.0 Å². The molecule has 0 aromatic heterocycles. The molecule has 6 heteroatoms. The summed E-state index contributed by atoms with van der Waals surface area (Å²) >= 11 is 0. The van der Waals surface area contributed by atoms with E-state index in [2.05, 4.69) is 16.7 Å². The highest BCUT2D eigenvalue weighted by Gasteiger charge is 2.37.